The minimum Gasteiger partial charge on any atom is -0.391 e. The Morgan fingerprint density at radius 3 is 2.95 bits per heavy atom. The maximum absolute atomic E-state index is 10.0. The molecule has 2 heterocycles. The number of halogens is 1. The van der Waals surface area contributed by atoms with Crippen molar-refractivity contribution < 1.29 is 5.11 Å². The zero-order valence-electron chi connectivity index (χ0n) is 11.4. The van der Waals surface area contributed by atoms with Gasteiger partial charge in [0.15, 0.2) is 0 Å². The van der Waals surface area contributed by atoms with Gasteiger partial charge in [-0.2, -0.15) is 0 Å². The first-order valence-electron chi connectivity index (χ1n) is 6.88. The lowest BCUT2D eigenvalue weighted by Gasteiger charge is -2.39. The molecule has 1 aromatic rings. The summed E-state index contributed by atoms with van der Waals surface area (Å²) >= 11 is 0. The maximum Gasteiger partial charge on any atom is 0.0756 e. The van der Waals surface area contributed by atoms with Gasteiger partial charge in [-0.05, 0) is 30.0 Å². The number of hydrogen-bond acceptors (Lipinski definition) is 3. The van der Waals surface area contributed by atoms with Gasteiger partial charge in [0, 0.05) is 31.7 Å². The normalized spacial score (nSPS) is 29.8. The van der Waals surface area contributed by atoms with E-state index in [2.05, 4.69) is 41.4 Å². The average Bonchev–Trinajstić information content (AvgIpc) is 2.75. The molecule has 0 amide bonds. The predicted molar refractivity (Wildman–Crippen MR) is 81.2 cm³/mol. The Balaban J connectivity index is 0.00000133. The highest BCUT2D eigenvalue weighted by molar-refractivity contribution is 5.85. The number of para-hydroxylation sites is 1. The summed E-state index contributed by atoms with van der Waals surface area (Å²) in [4.78, 5) is 2.37. The summed E-state index contributed by atoms with van der Waals surface area (Å²) in [5.74, 6) is 0. The summed E-state index contributed by atoms with van der Waals surface area (Å²) in [5, 5.41) is 13.5. The number of nitrogens with one attached hydrogen (secondary N) is 1. The Bertz CT molecular complexity index is 432. The van der Waals surface area contributed by atoms with E-state index in [0.717, 1.165) is 32.6 Å². The van der Waals surface area contributed by atoms with Crippen LogP contribution in [0, 0.1) is 5.41 Å². The van der Waals surface area contributed by atoms with Crippen LogP contribution >= 0.6 is 12.4 Å². The Morgan fingerprint density at radius 2 is 2.21 bits per heavy atom. The first kappa shape index (κ1) is 14.6. The standard InChI is InChI=1S/C15H22N2O.ClH/c1-15(6-7-16-10-15)11-17-9-13(18)8-12-4-2-3-5-14(12)17;/h2-5,13,16,18H,6-11H2,1H3;1H. The number of aliphatic hydroxyl groups excluding tert-OH is 1. The van der Waals surface area contributed by atoms with Crippen molar-refractivity contribution in [3.8, 4) is 0 Å². The summed E-state index contributed by atoms with van der Waals surface area (Å²) in [6.07, 6.45) is 1.79. The van der Waals surface area contributed by atoms with Crippen molar-refractivity contribution in [3.05, 3.63) is 29.8 Å². The molecule has 1 saturated heterocycles. The van der Waals surface area contributed by atoms with Crippen LogP contribution in [0.4, 0.5) is 5.69 Å². The van der Waals surface area contributed by atoms with Crippen LogP contribution in [0.2, 0.25) is 0 Å². The average molecular weight is 283 g/mol. The van der Waals surface area contributed by atoms with Gasteiger partial charge in [0.25, 0.3) is 0 Å². The van der Waals surface area contributed by atoms with E-state index in [1.807, 2.05) is 0 Å². The van der Waals surface area contributed by atoms with Crippen molar-refractivity contribution in [2.45, 2.75) is 25.9 Å². The molecule has 3 rings (SSSR count). The number of anilines is 1. The molecule has 1 fully saturated rings. The van der Waals surface area contributed by atoms with Crippen LogP contribution in [-0.4, -0.2) is 37.4 Å². The van der Waals surface area contributed by atoms with E-state index in [0.29, 0.717) is 5.41 Å². The lowest BCUT2D eigenvalue weighted by molar-refractivity contribution is 0.171. The SMILES string of the molecule is CC1(CN2CC(O)Cc3ccccc32)CCNC1.Cl. The van der Waals surface area contributed by atoms with Gasteiger partial charge < -0.3 is 15.3 Å². The molecule has 4 heteroatoms. The molecule has 2 atom stereocenters. The van der Waals surface area contributed by atoms with Crippen LogP contribution < -0.4 is 10.2 Å². The highest BCUT2D eigenvalue weighted by atomic mass is 35.5. The molecule has 2 aliphatic rings. The fourth-order valence-electron chi connectivity index (χ4n) is 3.28. The summed E-state index contributed by atoms with van der Waals surface area (Å²) in [5.41, 5.74) is 2.94. The molecule has 3 nitrogen and oxygen atoms in total. The van der Waals surface area contributed by atoms with Crippen LogP contribution in [-0.2, 0) is 6.42 Å². The minimum absolute atomic E-state index is 0. The third kappa shape index (κ3) is 3.04. The second kappa shape index (κ2) is 5.70. The number of hydrogen-bond donors (Lipinski definition) is 2. The molecule has 2 unspecified atom stereocenters. The van der Waals surface area contributed by atoms with Crippen molar-refractivity contribution >= 4 is 18.1 Å². The molecule has 1 aromatic carbocycles. The first-order chi connectivity index (χ1) is 8.66. The Hall–Kier alpha value is -0.770. The van der Waals surface area contributed by atoms with Crippen molar-refractivity contribution in [3.63, 3.8) is 0 Å². The zero-order valence-corrected chi connectivity index (χ0v) is 12.2. The van der Waals surface area contributed by atoms with E-state index in [1.54, 1.807) is 0 Å². The molecule has 2 N–H and O–H groups in total. The van der Waals surface area contributed by atoms with Gasteiger partial charge in [0.05, 0.1) is 6.10 Å². The second-order valence-electron chi connectivity index (χ2n) is 6.10. The quantitative estimate of drug-likeness (QED) is 0.869. The lowest BCUT2D eigenvalue weighted by Crippen LogP contribution is -2.44. The van der Waals surface area contributed by atoms with E-state index in [9.17, 15) is 5.11 Å². The number of aliphatic hydroxyl groups is 1. The van der Waals surface area contributed by atoms with E-state index in [-0.39, 0.29) is 18.5 Å². The van der Waals surface area contributed by atoms with Gasteiger partial charge in [0.2, 0.25) is 0 Å². The summed E-state index contributed by atoms with van der Waals surface area (Å²) in [6.45, 7) is 6.35. The van der Waals surface area contributed by atoms with E-state index >= 15 is 0 Å². The van der Waals surface area contributed by atoms with Gasteiger partial charge in [-0.3, -0.25) is 0 Å². The van der Waals surface area contributed by atoms with Crippen LogP contribution in [0.15, 0.2) is 24.3 Å². The van der Waals surface area contributed by atoms with Gasteiger partial charge in [0.1, 0.15) is 0 Å². The number of rotatable bonds is 2. The predicted octanol–water partition coefficient (Wildman–Crippen LogP) is 1.83. The molecule has 106 valence electrons. The van der Waals surface area contributed by atoms with Crippen LogP contribution in [0.5, 0.6) is 0 Å². The number of benzene rings is 1. The number of fused-ring (bicyclic) bond motifs is 1. The smallest absolute Gasteiger partial charge is 0.0756 e. The van der Waals surface area contributed by atoms with Gasteiger partial charge in [-0.1, -0.05) is 25.1 Å². The molecule has 2 aliphatic heterocycles. The number of nitrogens with zero attached hydrogens (tertiary/aromatic N) is 1. The Kier molecular flexibility index (Phi) is 4.39. The van der Waals surface area contributed by atoms with Gasteiger partial charge in [-0.25, -0.2) is 0 Å². The highest BCUT2D eigenvalue weighted by Crippen LogP contribution is 2.32. The third-order valence-electron chi connectivity index (χ3n) is 4.25. The fraction of sp³-hybridized carbons (Fsp3) is 0.600. The van der Waals surface area contributed by atoms with Crippen molar-refractivity contribution in [1.29, 1.82) is 0 Å². The second-order valence-corrected chi connectivity index (χ2v) is 6.10. The minimum atomic E-state index is -0.224. The van der Waals surface area contributed by atoms with Gasteiger partial charge in [-0.15, -0.1) is 12.4 Å². The fourth-order valence-corrected chi connectivity index (χ4v) is 3.28. The van der Waals surface area contributed by atoms with Crippen molar-refractivity contribution in [1.82, 2.24) is 5.32 Å². The summed E-state index contributed by atoms with van der Waals surface area (Å²) < 4.78 is 0. The Labute approximate surface area is 121 Å². The van der Waals surface area contributed by atoms with Crippen LogP contribution in [0.25, 0.3) is 0 Å². The van der Waals surface area contributed by atoms with Gasteiger partial charge >= 0.3 is 0 Å². The van der Waals surface area contributed by atoms with Crippen LogP contribution in [0.3, 0.4) is 0 Å². The molecule has 19 heavy (non-hydrogen) atoms. The van der Waals surface area contributed by atoms with Crippen LogP contribution in [0.1, 0.15) is 18.9 Å². The molecular weight excluding hydrogens is 260 g/mol. The van der Waals surface area contributed by atoms with E-state index in [1.165, 1.54) is 17.7 Å². The molecule has 0 aromatic heterocycles. The largest absolute Gasteiger partial charge is 0.391 e. The molecular formula is C15H23ClN2O. The van der Waals surface area contributed by atoms with Crippen molar-refractivity contribution in [2.75, 3.05) is 31.1 Å². The highest BCUT2D eigenvalue weighted by Gasteiger charge is 2.33. The first-order valence-corrected chi connectivity index (χ1v) is 6.88. The molecule has 0 aliphatic carbocycles. The molecule has 0 bridgehead atoms. The lowest BCUT2D eigenvalue weighted by atomic mass is 9.87. The summed E-state index contributed by atoms with van der Waals surface area (Å²) in [6, 6.07) is 8.49. The van der Waals surface area contributed by atoms with E-state index in [4.69, 9.17) is 0 Å². The Morgan fingerprint density at radius 1 is 1.42 bits per heavy atom. The molecule has 0 saturated carbocycles. The summed E-state index contributed by atoms with van der Waals surface area (Å²) in [7, 11) is 0. The molecule has 0 radical (unpaired) electrons. The number of β-amino-alcohol motifs (C(OH)–C–C–N with tert-alkyl or cyclic N) is 1. The zero-order chi connectivity index (χ0) is 12.6. The molecule has 0 spiro atoms. The van der Waals surface area contributed by atoms with E-state index < -0.39 is 0 Å². The van der Waals surface area contributed by atoms with Crippen molar-refractivity contribution in [2.24, 2.45) is 5.41 Å². The maximum atomic E-state index is 10.0. The monoisotopic (exact) mass is 282 g/mol. The topological polar surface area (TPSA) is 35.5 Å². The third-order valence-corrected chi connectivity index (χ3v) is 4.25.